The molecule has 1 aromatic heterocycles. The average molecular weight is 309 g/mol. The second kappa shape index (κ2) is 6.80. The van der Waals surface area contributed by atoms with Crippen molar-refractivity contribution in [3.05, 3.63) is 24.0 Å². The molecule has 1 saturated heterocycles. The number of anilines is 1. The fraction of sp³-hybridized carbons (Fsp3) is 0.500. The number of thioether (sulfide) groups is 1. The summed E-state index contributed by atoms with van der Waals surface area (Å²) in [6.07, 6.45) is 1.37. The zero-order valence-electron chi connectivity index (χ0n) is 12.1. The largest absolute Gasteiger partial charge is 0.481 e. The Morgan fingerprint density at radius 2 is 2.24 bits per heavy atom. The van der Waals surface area contributed by atoms with E-state index in [-0.39, 0.29) is 18.5 Å². The molecule has 0 aliphatic carbocycles. The summed E-state index contributed by atoms with van der Waals surface area (Å²) in [4.78, 5) is 28.7. The van der Waals surface area contributed by atoms with Crippen molar-refractivity contribution >= 4 is 29.4 Å². The number of nitrogens with zero attached hydrogens (tertiary/aromatic N) is 2. The van der Waals surface area contributed by atoms with Gasteiger partial charge in [-0.15, -0.1) is 0 Å². The summed E-state index contributed by atoms with van der Waals surface area (Å²) in [7, 11) is 0. The molecule has 6 nitrogen and oxygen atoms in total. The van der Waals surface area contributed by atoms with Crippen molar-refractivity contribution in [3.63, 3.8) is 0 Å². The van der Waals surface area contributed by atoms with Crippen LogP contribution >= 0.6 is 11.8 Å². The number of hydrogen-bond donors (Lipinski definition) is 2. The van der Waals surface area contributed by atoms with E-state index in [1.54, 1.807) is 12.1 Å². The highest BCUT2D eigenvalue weighted by molar-refractivity contribution is 8.00. The van der Waals surface area contributed by atoms with E-state index in [1.807, 2.05) is 23.6 Å². The number of aliphatic carboxylic acids is 1. The third-order valence-electron chi connectivity index (χ3n) is 3.55. The highest BCUT2D eigenvalue weighted by atomic mass is 32.2. The highest BCUT2D eigenvalue weighted by Gasteiger charge is 2.28. The first-order chi connectivity index (χ1) is 9.97. The van der Waals surface area contributed by atoms with Crippen LogP contribution in [-0.4, -0.2) is 50.6 Å². The van der Waals surface area contributed by atoms with Crippen molar-refractivity contribution in [1.29, 1.82) is 0 Å². The summed E-state index contributed by atoms with van der Waals surface area (Å²) in [5, 5.41) is 11.9. The van der Waals surface area contributed by atoms with Crippen LogP contribution in [0.1, 0.15) is 19.5 Å². The summed E-state index contributed by atoms with van der Waals surface area (Å²) in [6, 6.07) is 3.34. The Hall–Kier alpha value is -1.76. The predicted molar refractivity (Wildman–Crippen MR) is 82.7 cm³/mol. The SMILES string of the molecule is CC1SCCN(C(=O)Nc2ccc(CC(=O)O)nc2)C1C. The Morgan fingerprint density at radius 3 is 2.86 bits per heavy atom. The lowest BCUT2D eigenvalue weighted by Gasteiger charge is -2.37. The van der Waals surface area contributed by atoms with Crippen LogP contribution in [0.3, 0.4) is 0 Å². The van der Waals surface area contributed by atoms with Crippen LogP contribution in [0.2, 0.25) is 0 Å². The number of aromatic nitrogens is 1. The smallest absolute Gasteiger partial charge is 0.322 e. The third kappa shape index (κ3) is 4.10. The Kier molecular flexibility index (Phi) is 5.06. The molecule has 7 heteroatoms. The molecule has 0 saturated carbocycles. The lowest BCUT2D eigenvalue weighted by molar-refractivity contribution is -0.136. The molecule has 2 N–H and O–H groups in total. The van der Waals surface area contributed by atoms with Crippen molar-refractivity contribution in [2.75, 3.05) is 17.6 Å². The van der Waals surface area contributed by atoms with Gasteiger partial charge in [0.15, 0.2) is 0 Å². The summed E-state index contributed by atoms with van der Waals surface area (Å²) in [5.74, 6) is 0.0160. The third-order valence-corrected chi connectivity index (χ3v) is 4.89. The Labute approximate surface area is 127 Å². The minimum atomic E-state index is -0.923. The van der Waals surface area contributed by atoms with Gasteiger partial charge in [-0.3, -0.25) is 9.78 Å². The molecule has 1 aliphatic heterocycles. The van der Waals surface area contributed by atoms with E-state index in [2.05, 4.69) is 17.2 Å². The molecular formula is C14H19N3O3S. The van der Waals surface area contributed by atoms with Crippen molar-refractivity contribution in [1.82, 2.24) is 9.88 Å². The lowest BCUT2D eigenvalue weighted by atomic mass is 10.2. The lowest BCUT2D eigenvalue weighted by Crippen LogP contribution is -2.49. The quantitative estimate of drug-likeness (QED) is 0.893. The zero-order chi connectivity index (χ0) is 15.4. The summed E-state index contributed by atoms with van der Waals surface area (Å²) in [6.45, 7) is 4.90. The number of rotatable bonds is 3. The molecule has 2 amide bonds. The minimum Gasteiger partial charge on any atom is -0.481 e. The first-order valence-electron chi connectivity index (χ1n) is 6.83. The van der Waals surface area contributed by atoms with Gasteiger partial charge in [0.1, 0.15) is 0 Å². The van der Waals surface area contributed by atoms with Gasteiger partial charge >= 0.3 is 12.0 Å². The molecule has 114 valence electrons. The number of nitrogens with one attached hydrogen (secondary N) is 1. The number of pyridine rings is 1. The Balaban J connectivity index is 1.97. The average Bonchev–Trinajstić information content (AvgIpc) is 2.43. The van der Waals surface area contributed by atoms with Gasteiger partial charge in [-0.05, 0) is 19.1 Å². The van der Waals surface area contributed by atoms with Crippen LogP contribution in [0.15, 0.2) is 18.3 Å². The first kappa shape index (κ1) is 15.6. The van der Waals surface area contributed by atoms with Crippen molar-refractivity contribution in [3.8, 4) is 0 Å². The van der Waals surface area contributed by atoms with Gasteiger partial charge in [-0.2, -0.15) is 11.8 Å². The standard InChI is InChI=1S/C14H19N3O3S/c1-9-10(2)21-6-5-17(9)14(20)16-12-4-3-11(15-8-12)7-13(18)19/h3-4,8-10H,5-7H2,1-2H3,(H,16,20)(H,18,19). The van der Waals surface area contributed by atoms with Gasteiger partial charge in [0.2, 0.25) is 0 Å². The van der Waals surface area contributed by atoms with Crippen molar-refractivity contribution in [2.45, 2.75) is 31.6 Å². The van der Waals surface area contributed by atoms with E-state index in [1.165, 1.54) is 6.20 Å². The van der Waals surface area contributed by atoms with Crippen LogP contribution in [0, 0.1) is 0 Å². The molecule has 2 rings (SSSR count). The zero-order valence-corrected chi connectivity index (χ0v) is 12.9. The van der Waals surface area contributed by atoms with Crippen LogP contribution in [0.5, 0.6) is 0 Å². The maximum atomic E-state index is 12.3. The highest BCUT2D eigenvalue weighted by Crippen LogP contribution is 2.24. The second-order valence-electron chi connectivity index (χ2n) is 5.05. The molecule has 1 aliphatic rings. The maximum absolute atomic E-state index is 12.3. The normalized spacial score (nSPS) is 21.9. The summed E-state index contributed by atoms with van der Waals surface area (Å²) in [5.41, 5.74) is 1.05. The van der Waals surface area contributed by atoms with Crippen LogP contribution in [0.4, 0.5) is 10.5 Å². The van der Waals surface area contributed by atoms with E-state index in [9.17, 15) is 9.59 Å². The molecule has 0 bridgehead atoms. The predicted octanol–water partition coefficient (Wildman–Crippen LogP) is 2.07. The topological polar surface area (TPSA) is 82.5 Å². The molecule has 1 fully saturated rings. The van der Waals surface area contributed by atoms with E-state index in [0.29, 0.717) is 16.6 Å². The van der Waals surface area contributed by atoms with E-state index >= 15 is 0 Å². The molecule has 2 heterocycles. The fourth-order valence-electron chi connectivity index (χ4n) is 2.17. The van der Waals surface area contributed by atoms with Crippen LogP contribution in [-0.2, 0) is 11.2 Å². The van der Waals surface area contributed by atoms with Gasteiger partial charge in [0, 0.05) is 23.6 Å². The first-order valence-corrected chi connectivity index (χ1v) is 7.88. The van der Waals surface area contributed by atoms with Gasteiger partial charge < -0.3 is 15.3 Å². The minimum absolute atomic E-state index is 0.119. The number of urea groups is 1. The fourth-order valence-corrected chi connectivity index (χ4v) is 3.27. The Bertz CT molecular complexity index is 521. The number of carbonyl (C=O) groups is 2. The molecule has 21 heavy (non-hydrogen) atoms. The number of hydrogen-bond acceptors (Lipinski definition) is 4. The number of carboxylic acid groups (broad SMARTS) is 1. The molecule has 2 unspecified atom stereocenters. The molecule has 0 radical (unpaired) electrons. The van der Waals surface area contributed by atoms with Crippen LogP contribution in [0.25, 0.3) is 0 Å². The van der Waals surface area contributed by atoms with E-state index in [4.69, 9.17) is 5.11 Å². The number of carbonyl (C=O) groups excluding carboxylic acids is 1. The number of carboxylic acids is 1. The maximum Gasteiger partial charge on any atom is 0.322 e. The monoisotopic (exact) mass is 309 g/mol. The van der Waals surface area contributed by atoms with Crippen molar-refractivity contribution in [2.24, 2.45) is 0 Å². The van der Waals surface area contributed by atoms with Gasteiger partial charge in [0.25, 0.3) is 0 Å². The van der Waals surface area contributed by atoms with Gasteiger partial charge in [-0.25, -0.2) is 4.79 Å². The van der Waals surface area contributed by atoms with Gasteiger partial charge in [-0.1, -0.05) is 6.92 Å². The second-order valence-corrected chi connectivity index (χ2v) is 6.53. The Morgan fingerprint density at radius 1 is 1.48 bits per heavy atom. The molecule has 1 aromatic rings. The molecule has 0 spiro atoms. The number of amides is 2. The van der Waals surface area contributed by atoms with E-state index < -0.39 is 5.97 Å². The molecular weight excluding hydrogens is 290 g/mol. The summed E-state index contributed by atoms with van der Waals surface area (Å²) < 4.78 is 0. The van der Waals surface area contributed by atoms with E-state index in [0.717, 1.165) is 12.3 Å². The summed E-state index contributed by atoms with van der Waals surface area (Å²) >= 11 is 1.87. The van der Waals surface area contributed by atoms with Gasteiger partial charge in [0.05, 0.1) is 24.0 Å². The molecule has 0 aromatic carbocycles. The molecule has 2 atom stereocenters. The van der Waals surface area contributed by atoms with Crippen molar-refractivity contribution < 1.29 is 14.7 Å². The van der Waals surface area contributed by atoms with Crippen LogP contribution < -0.4 is 5.32 Å².